The van der Waals surface area contributed by atoms with Gasteiger partial charge in [0.05, 0.1) is 18.7 Å². The lowest BCUT2D eigenvalue weighted by atomic mass is 9.95. The highest BCUT2D eigenvalue weighted by Gasteiger charge is 2.28. The second-order valence-corrected chi connectivity index (χ2v) is 7.13. The summed E-state index contributed by atoms with van der Waals surface area (Å²) in [6.45, 7) is 9.97. The number of rotatable bonds is 2. The molecule has 0 saturated carbocycles. The van der Waals surface area contributed by atoms with E-state index in [-0.39, 0.29) is 17.7 Å². The molecule has 2 aromatic carbocycles. The van der Waals surface area contributed by atoms with E-state index in [1.165, 1.54) is 7.11 Å². The Labute approximate surface area is 199 Å². The number of phenolic OH excluding ortho intramolecular Hbond substituents is 1. The van der Waals surface area contributed by atoms with Gasteiger partial charge in [0.1, 0.15) is 11.4 Å². The van der Waals surface area contributed by atoms with Crippen molar-refractivity contribution in [1.82, 2.24) is 14.6 Å². The number of methoxy groups -OCH3 is 1. The van der Waals surface area contributed by atoms with Crippen molar-refractivity contribution in [2.45, 2.75) is 40.7 Å². The summed E-state index contributed by atoms with van der Waals surface area (Å²) < 4.78 is 6.40. The van der Waals surface area contributed by atoms with Crippen LogP contribution in [0.1, 0.15) is 50.4 Å². The van der Waals surface area contributed by atoms with Crippen LogP contribution in [0, 0.1) is 6.92 Å². The number of carbonyl (C=O) groups is 1. The maximum atomic E-state index is 11.7. The van der Waals surface area contributed by atoms with Crippen LogP contribution in [0.5, 0.6) is 5.75 Å². The Hall–Kier alpha value is -4.07. The molecule has 0 fully saturated rings. The Balaban J connectivity index is 0.000000771. The van der Waals surface area contributed by atoms with Gasteiger partial charge in [-0.2, -0.15) is 0 Å². The number of aromatic nitrogens is 3. The molecule has 1 unspecified atom stereocenters. The van der Waals surface area contributed by atoms with Crippen molar-refractivity contribution in [1.29, 1.82) is 0 Å². The van der Waals surface area contributed by atoms with Crippen molar-refractivity contribution in [3.63, 3.8) is 0 Å². The topological polar surface area (TPSA) is 101 Å². The highest BCUT2D eigenvalue weighted by Crippen LogP contribution is 2.42. The Kier molecular flexibility index (Phi) is 7.73. The summed E-state index contributed by atoms with van der Waals surface area (Å²) in [7, 11) is 1.29. The number of hydrogen-bond acceptors (Lipinski definition) is 6. The fraction of sp³-hybridized carbons (Fsp3) is 0.269. The third kappa shape index (κ3) is 4.52. The van der Waals surface area contributed by atoms with E-state index in [0.717, 1.165) is 33.5 Å². The SMILES string of the molecule is CC.CC.COC(=O)Nc1nc2c3c(ccn3n1)C(c1ccc(O)cc1C)Nc1ccccc1-2. The second kappa shape index (κ2) is 10.7. The molecule has 5 rings (SSSR count). The third-order valence-corrected chi connectivity index (χ3v) is 5.30. The van der Waals surface area contributed by atoms with E-state index < -0.39 is 6.09 Å². The van der Waals surface area contributed by atoms with Crippen molar-refractivity contribution < 1.29 is 14.6 Å². The van der Waals surface area contributed by atoms with Gasteiger partial charge in [0.25, 0.3) is 5.95 Å². The van der Waals surface area contributed by atoms with Crippen LogP contribution in [0.4, 0.5) is 16.4 Å². The molecule has 1 aliphatic heterocycles. The molecule has 1 amide bonds. The Morgan fingerprint density at radius 3 is 2.53 bits per heavy atom. The molecule has 0 bridgehead atoms. The molecule has 1 atom stereocenters. The second-order valence-electron chi connectivity index (χ2n) is 7.13. The molecule has 0 radical (unpaired) electrons. The molecule has 8 nitrogen and oxygen atoms in total. The molecule has 3 N–H and O–H groups in total. The van der Waals surface area contributed by atoms with Gasteiger partial charge in [-0.25, -0.2) is 14.3 Å². The molecule has 0 saturated heterocycles. The molecule has 8 heteroatoms. The lowest BCUT2D eigenvalue weighted by Gasteiger charge is -2.21. The van der Waals surface area contributed by atoms with Crippen LogP contribution >= 0.6 is 0 Å². The molecule has 4 aromatic rings. The van der Waals surface area contributed by atoms with Crippen LogP contribution in [0.15, 0.2) is 54.7 Å². The minimum absolute atomic E-state index is 0.153. The number of nitrogens with one attached hydrogen (secondary N) is 2. The summed E-state index contributed by atoms with van der Waals surface area (Å²) >= 11 is 0. The first-order chi connectivity index (χ1) is 16.5. The number of para-hydroxylation sites is 1. The Morgan fingerprint density at radius 1 is 1.09 bits per heavy atom. The van der Waals surface area contributed by atoms with Gasteiger partial charge in [-0.15, -0.1) is 5.10 Å². The van der Waals surface area contributed by atoms with E-state index >= 15 is 0 Å². The standard InChI is InChI=1S/C22H19N5O3.2C2H6/c1-12-11-13(28)7-8-14(12)18-16-9-10-27-20(16)19(15-5-3-4-6-17(15)23-18)24-21(26-27)25-22(29)30-2;2*1-2/h3-11,18,23,28H,1-2H3,(H,25,26,29);2*1-2H3. The highest BCUT2D eigenvalue weighted by molar-refractivity contribution is 5.91. The first-order valence-electron chi connectivity index (χ1n) is 11.4. The summed E-state index contributed by atoms with van der Waals surface area (Å²) in [5.41, 5.74) is 6.38. The molecule has 34 heavy (non-hydrogen) atoms. The number of fused-ring (bicyclic) bond motifs is 2. The number of benzene rings is 2. The van der Waals surface area contributed by atoms with Crippen LogP contribution in [0.2, 0.25) is 0 Å². The molecular formula is C26H31N5O3. The quantitative estimate of drug-likeness (QED) is 0.331. The highest BCUT2D eigenvalue weighted by atomic mass is 16.5. The van der Waals surface area contributed by atoms with Crippen LogP contribution in [0.25, 0.3) is 16.8 Å². The summed E-state index contributed by atoms with van der Waals surface area (Å²) in [4.78, 5) is 16.3. The van der Waals surface area contributed by atoms with E-state index in [9.17, 15) is 9.90 Å². The predicted octanol–water partition coefficient (Wildman–Crippen LogP) is 6.16. The summed E-state index contributed by atoms with van der Waals surface area (Å²) in [5, 5.41) is 20.5. The zero-order chi connectivity index (χ0) is 24.8. The lowest BCUT2D eigenvalue weighted by Crippen LogP contribution is -2.15. The third-order valence-electron chi connectivity index (χ3n) is 5.30. The van der Waals surface area contributed by atoms with Gasteiger partial charge in [0.2, 0.25) is 0 Å². The van der Waals surface area contributed by atoms with Gasteiger partial charge in [0, 0.05) is 23.0 Å². The molecular weight excluding hydrogens is 430 g/mol. The monoisotopic (exact) mass is 461 g/mol. The summed E-state index contributed by atoms with van der Waals surface area (Å²) in [5.74, 6) is 0.384. The maximum Gasteiger partial charge on any atom is 0.413 e. The first kappa shape index (κ1) is 24.6. The minimum atomic E-state index is -0.633. The average molecular weight is 462 g/mol. The van der Waals surface area contributed by atoms with Gasteiger partial charge < -0.3 is 15.2 Å². The number of phenols is 1. The van der Waals surface area contributed by atoms with Crippen molar-refractivity contribution >= 4 is 23.2 Å². The van der Waals surface area contributed by atoms with Gasteiger partial charge in [-0.05, 0) is 42.3 Å². The van der Waals surface area contributed by atoms with Gasteiger partial charge in [-0.3, -0.25) is 5.32 Å². The zero-order valence-electron chi connectivity index (χ0n) is 20.4. The van der Waals surface area contributed by atoms with Gasteiger partial charge >= 0.3 is 6.09 Å². The molecule has 0 spiro atoms. The fourth-order valence-electron chi connectivity index (χ4n) is 3.94. The Bertz CT molecular complexity index is 1300. The maximum absolute atomic E-state index is 11.7. The first-order valence-corrected chi connectivity index (χ1v) is 11.4. The normalized spacial score (nSPS) is 13.2. The summed E-state index contributed by atoms with van der Waals surface area (Å²) in [6.07, 6.45) is 1.21. The number of nitrogens with zero attached hydrogens (tertiary/aromatic N) is 3. The number of hydrogen-bond donors (Lipinski definition) is 3. The number of aryl methyl sites for hydroxylation is 1. The number of carbonyl (C=O) groups excluding carboxylic acids is 1. The predicted molar refractivity (Wildman–Crippen MR) is 135 cm³/mol. The number of aromatic hydroxyl groups is 1. The van der Waals surface area contributed by atoms with Crippen LogP contribution in [-0.2, 0) is 4.74 Å². The van der Waals surface area contributed by atoms with Gasteiger partial charge in [-0.1, -0.05) is 52.0 Å². The van der Waals surface area contributed by atoms with E-state index in [4.69, 9.17) is 0 Å². The zero-order valence-corrected chi connectivity index (χ0v) is 20.4. The largest absolute Gasteiger partial charge is 0.508 e. The van der Waals surface area contributed by atoms with Gasteiger partial charge in [0.15, 0.2) is 0 Å². The van der Waals surface area contributed by atoms with E-state index in [1.54, 1.807) is 16.6 Å². The fourth-order valence-corrected chi connectivity index (χ4v) is 3.94. The van der Waals surface area contributed by atoms with Crippen molar-refractivity contribution in [2.24, 2.45) is 0 Å². The number of amides is 1. The van der Waals surface area contributed by atoms with Crippen molar-refractivity contribution in [2.75, 3.05) is 17.7 Å². The molecule has 178 valence electrons. The van der Waals surface area contributed by atoms with Crippen LogP contribution in [0.3, 0.4) is 0 Å². The van der Waals surface area contributed by atoms with E-state index in [1.807, 2.05) is 77.2 Å². The molecule has 2 aromatic heterocycles. The smallest absolute Gasteiger partial charge is 0.413 e. The Morgan fingerprint density at radius 2 is 1.82 bits per heavy atom. The van der Waals surface area contributed by atoms with Crippen molar-refractivity contribution in [3.8, 4) is 17.0 Å². The minimum Gasteiger partial charge on any atom is -0.508 e. The molecule has 0 aliphatic carbocycles. The molecule has 3 heterocycles. The average Bonchev–Trinajstić information content (AvgIpc) is 3.23. The van der Waals surface area contributed by atoms with Crippen molar-refractivity contribution in [3.05, 3.63) is 71.4 Å². The van der Waals surface area contributed by atoms with Crippen LogP contribution < -0.4 is 10.6 Å². The van der Waals surface area contributed by atoms with E-state index in [0.29, 0.717) is 5.69 Å². The van der Waals surface area contributed by atoms with E-state index in [2.05, 4.69) is 25.5 Å². The number of ether oxygens (including phenoxy) is 1. The molecule has 1 aliphatic rings. The van der Waals surface area contributed by atoms with Crippen LogP contribution in [-0.4, -0.2) is 32.9 Å². The lowest BCUT2D eigenvalue weighted by molar-refractivity contribution is 0.186. The summed E-state index contributed by atoms with van der Waals surface area (Å²) in [6, 6.07) is 15.1. The number of anilines is 2.